The summed E-state index contributed by atoms with van der Waals surface area (Å²) in [6, 6.07) is 17.7. The van der Waals surface area contributed by atoms with Crippen LogP contribution in [-0.4, -0.2) is 11.7 Å². The van der Waals surface area contributed by atoms with Crippen LogP contribution in [0.4, 0.5) is 5.69 Å². The molecule has 0 saturated heterocycles. The van der Waals surface area contributed by atoms with Crippen molar-refractivity contribution in [1.82, 2.24) is 0 Å². The minimum atomic E-state index is 0.350. The van der Waals surface area contributed by atoms with Crippen molar-refractivity contribution >= 4 is 34.2 Å². The number of nitrogens with zero attached hydrogens (tertiary/aromatic N) is 2. The lowest BCUT2D eigenvalue weighted by atomic mass is 10.1. The first-order valence-corrected chi connectivity index (χ1v) is 7.75. The monoisotopic (exact) mass is 313 g/mol. The Bertz CT molecular complexity index is 722. The highest BCUT2D eigenvalue weighted by molar-refractivity contribution is 8.14. The summed E-state index contributed by atoms with van der Waals surface area (Å²) in [7, 11) is 0. The molecule has 1 N–H and O–H groups in total. The first kappa shape index (κ1) is 14.0. The second-order valence-corrected chi connectivity index (χ2v) is 6.19. The summed E-state index contributed by atoms with van der Waals surface area (Å²) >= 11 is 7.74. The largest absolute Gasteiger partial charge is 0.335 e. The lowest BCUT2D eigenvalue weighted by molar-refractivity contribution is 0.966. The lowest BCUT2D eigenvalue weighted by Gasteiger charge is -2.09. The number of anilines is 1. The number of nitrogens with one attached hydrogen (secondary N) is 1. The number of nitriles is 1. The summed E-state index contributed by atoms with van der Waals surface area (Å²) in [6.07, 6.45) is 0. The zero-order valence-corrected chi connectivity index (χ0v) is 12.7. The van der Waals surface area contributed by atoms with Gasteiger partial charge in [0.2, 0.25) is 0 Å². The minimum absolute atomic E-state index is 0.350. The number of thioether (sulfide) groups is 1. The van der Waals surface area contributed by atoms with Crippen LogP contribution in [-0.2, 0) is 0 Å². The second-order valence-electron chi connectivity index (χ2n) is 4.59. The molecular formula is C16H12ClN3S. The molecule has 3 nitrogen and oxygen atoms in total. The Balaban J connectivity index is 1.68. The molecular weight excluding hydrogens is 302 g/mol. The van der Waals surface area contributed by atoms with Crippen LogP contribution in [0.1, 0.15) is 16.4 Å². The van der Waals surface area contributed by atoms with E-state index in [1.54, 1.807) is 23.9 Å². The Morgan fingerprint density at radius 2 is 2.05 bits per heavy atom. The van der Waals surface area contributed by atoms with Crippen molar-refractivity contribution in [3.63, 3.8) is 0 Å². The van der Waals surface area contributed by atoms with Gasteiger partial charge in [-0.15, -0.1) is 0 Å². The van der Waals surface area contributed by atoms with E-state index >= 15 is 0 Å². The van der Waals surface area contributed by atoms with E-state index in [0.29, 0.717) is 15.8 Å². The van der Waals surface area contributed by atoms with E-state index in [4.69, 9.17) is 16.9 Å². The quantitative estimate of drug-likeness (QED) is 0.890. The Labute approximate surface area is 132 Å². The van der Waals surface area contributed by atoms with E-state index in [1.165, 1.54) is 5.56 Å². The summed E-state index contributed by atoms with van der Waals surface area (Å²) in [5, 5.41) is 13.8. The average Bonchev–Trinajstić information content (AvgIpc) is 2.97. The third-order valence-electron chi connectivity index (χ3n) is 3.17. The van der Waals surface area contributed by atoms with E-state index < -0.39 is 0 Å². The van der Waals surface area contributed by atoms with Crippen LogP contribution in [0, 0.1) is 11.3 Å². The van der Waals surface area contributed by atoms with Crippen LogP contribution < -0.4 is 5.32 Å². The molecule has 104 valence electrons. The molecule has 21 heavy (non-hydrogen) atoms. The number of rotatable bonds is 2. The lowest BCUT2D eigenvalue weighted by Crippen LogP contribution is -2.05. The topological polar surface area (TPSA) is 48.2 Å². The molecule has 0 aromatic heterocycles. The molecule has 2 aromatic carbocycles. The summed E-state index contributed by atoms with van der Waals surface area (Å²) in [5.74, 6) is 0. The highest BCUT2D eigenvalue weighted by Crippen LogP contribution is 2.35. The SMILES string of the molecule is N#Cc1ccc(NC2=NCC(c3ccccc3)S2)cc1Cl. The Morgan fingerprint density at radius 3 is 2.76 bits per heavy atom. The fraction of sp³-hybridized carbons (Fsp3) is 0.125. The standard InChI is InChI=1S/C16H12ClN3S/c17-14-8-13(7-6-12(14)9-18)20-16-19-10-15(21-16)11-4-2-1-3-5-11/h1-8,15H,10H2,(H,19,20). The van der Waals surface area contributed by atoms with Crippen molar-refractivity contribution in [1.29, 1.82) is 5.26 Å². The minimum Gasteiger partial charge on any atom is -0.335 e. The van der Waals surface area contributed by atoms with E-state index in [2.05, 4.69) is 22.4 Å². The molecule has 5 heteroatoms. The molecule has 1 unspecified atom stereocenters. The molecule has 0 amide bonds. The molecule has 1 aliphatic heterocycles. The molecule has 0 bridgehead atoms. The molecule has 0 spiro atoms. The maximum absolute atomic E-state index is 8.87. The first-order valence-electron chi connectivity index (χ1n) is 6.49. The number of amidine groups is 1. The number of halogens is 1. The smallest absolute Gasteiger partial charge is 0.161 e. The van der Waals surface area contributed by atoms with Crippen molar-refractivity contribution < 1.29 is 0 Å². The van der Waals surface area contributed by atoms with Gasteiger partial charge in [-0.2, -0.15) is 5.26 Å². The normalized spacial score (nSPS) is 17.1. The zero-order chi connectivity index (χ0) is 14.7. The van der Waals surface area contributed by atoms with Crippen molar-refractivity contribution in [3.05, 3.63) is 64.7 Å². The van der Waals surface area contributed by atoms with Gasteiger partial charge in [-0.1, -0.05) is 53.7 Å². The Morgan fingerprint density at radius 1 is 1.24 bits per heavy atom. The van der Waals surface area contributed by atoms with Gasteiger partial charge >= 0.3 is 0 Å². The molecule has 3 rings (SSSR count). The van der Waals surface area contributed by atoms with Crippen LogP contribution >= 0.6 is 23.4 Å². The van der Waals surface area contributed by atoms with Crippen molar-refractivity contribution in [2.24, 2.45) is 4.99 Å². The van der Waals surface area contributed by atoms with E-state index in [9.17, 15) is 0 Å². The van der Waals surface area contributed by atoms with Gasteiger partial charge in [0.15, 0.2) is 5.17 Å². The van der Waals surface area contributed by atoms with Crippen LogP contribution in [0.15, 0.2) is 53.5 Å². The van der Waals surface area contributed by atoms with Gasteiger partial charge in [0.05, 0.1) is 22.4 Å². The maximum atomic E-state index is 8.87. The van der Waals surface area contributed by atoms with Gasteiger partial charge in [0.1, 0.15) is 6.07 Å². The van der Waals surface area contributed by atoms with Crippen LogP contribution in [0.5, 0.6) is 0 Å². The van der Waals surface area contributed by atoms with Crippen LogP contribution in [0.25, 0.3) is 0 Å². The molecule has 2 aromatic rings. The highest BCUT2D eigenvalue weighted by atomic mass is 35.5. The summed E-state index contributed by atoms with van der Waals surface area (Å²) in [4.78, 5) is 4.52. The summed E-state index contributed by atoms with van der Waals surface area (Å²) in [6.45, 7) is 0.765. The molecule has 0 aliphatic carbocycles. The van der Waals surface area contributed by atoms with Gasteiger partial charge in [-0.25, -0.2) is 0 Å². The molecule has 0 radical (unpaired) electrons. The predicted molar refractivity (Wildman–Crippen MR) is 88.9 cm³/mol. The third kappa shape index (κ3) is 3.21. The molecule has 1 heterocycles. The van der Waals surface area contributed by atoms with Crippen molar-refractivity contribution in [3.8, 4) is 6.07 Å². The number of hydrogen-bond acceptors (Lipinski definition) is 4. The average molecular weight is 314 g/mol. The summed E-state index contributed by atoms with van der Waals surface area (Å²) < 4.78 is 0. The van der Waals surface area contributed by atoms with Gasteiger partial charge in [0.25, 0.3) is 0 Å². The third-order valence-corrected chi connectivity index (χ3v) is 4.64. The van der Waals surface area contributed by atoms with E-state index in [1.807, 2.05) is 30.3 Å². The molecule has 0 fully saturated rings. The Hall–Kier alpha value is -1.96. The number of aliphatic imine (C=N–C) groups is 1. The van der Waals surface area contributed by atoms with E-state index in [-0.39, 0.29) is 0 Å². The highest BCUT2D eigenvalue weighted by Gasteiger charge is 2.21. The van der Waals surface area contributed by atoms with Gasteiger partial charge in [-0.3, -0.25) is 4.99 Å². The predicted octanol–water partition coefficient (Wildman–Crippen LogP) is 4.47. The number of hydrogen-bond donors (Lipinski definition) is 1. The van der Waals surface area contributed by atoms with E-state index in [0.717, 1.165) is 17.4 Å². The van der Waals surface area contributed by atoms with Crippen LogP contribution in [0.3, 0.4) is 0 Å². The number of benzene rings is 2. The first-order chi connectivity index (χ1) is 10.3. The second kappa shape index (κ2) is 6.21. The molecule has 1 aliphatic rings. The fourth-order valence-electron chi connectivity index (χ4n) is 2.09. The van der Waals surface area contributed by atoms with Crippen molar-refractivity contribution in [2.45, 2.75) is 5.25 Å². The van der Waals surface area contributed by atoms with Crippen LogP contribution in [0.2, 0.25) is 5.02 Å². The van der Waals surface area contributed by atoms with Gasteiger partial charge in [-0.05, 0) is 23.8 Å². The van der Waals surface area contributed by atoms with Gasteiger partial charge in [0, 0.05) is 5.69 Å². The fourth-order valence-corrected chi connectivity index (χ4v) is 3.35. The molecule has 1 atom stereocenters. The zero-order valence-electron chi connectivity index (χ0n) is 11.1. The molecule has 0 saturated carbocycles. The summed E-state index contributed by atoms with van der Waals surface area (Å²) in [5.41, 5.74) is 2.60. The van der Waals surface area contributed by atoms with Gasteiger partial charge < -0.3 is 5.32 Å². The maximum Gasteiger partial charge on any atom is 0.161 e. The van der Waals surface area contributed by atoms with Crippen molar-refractivity contribution in [2.75, 3.05) is 11.9 Å². The Kier molecular flexibility index (Phi) is 4.14.